The van der Waals surface area contributed by atoms with Crippen molar-refractivity contribution in [3.8, 4) is 0 Å². The maximum Gasteiger partial charge on any atom is 0.0912 e. The van der Waals surface area contributed by atoms with E-state index in [1.165, 1.54) is 0 Å². The molecule has 0 unspecified atom stereocenters. The lowest BCUT2D eigenvalue weighted by molar-refractivity contribution is 0.157. The van der Waals surface area contributed by atoms with Crippen LogP contribution in [-0.2, 0) is 0 Å². The Morgan fingerprint density at radius 3 is 2.72 bits per heavy atom. The highest BCUT2D eigenvalue weighted by atomic mass is 79.9. The number of alkyl halides is 1. The second-order valence-electron chi connectivity index (χ2n) is 4.45. The number of halogens is 3. The van der Waals surface area contributed by atoms with Gasteiger partial charge < -0.3 is 5.32 Å². The van der Waals surface area contributed by atoms with Gasteiger partial charge in [0.2, 0.25) is 0 Å². The lowest BCUT2D eigenvalue weighted by Gasteiger charge is -2.35. The topological polar surface area (TPSA) is 15.3 Å². The van der Waals surface area contributed by atoms with Crippen LogP contribution in [0.25, 0.3) is 0 Å². The van der Waals surface area contributed by atoms with E-state index in [-0.39, 0.29) is 12.7 Å². The second-order valence-corrected chi connectivity index (χ2v) is 5.77. The van der Waals surface area contributed by atoms with Crippen LogP contribution >= 0.6 is 27.5 Å². The molecular weight excluding hydrogens is 319 g/mol. The first-order chi connectivity index (χ1) is 8.72. The number of hydrogen-bond donors (Lipinski definition) is 1. The molecule has 18 heavy (non-hydrogen) atoms. The molecule has 0 aliphatic carbocycles. The number of benzene rings is 1. The minimum Gasteiger partial charge on any atom is -0.314 e. The van der Waals surface area contributed by atoms with E-state index in [1.54, 1.807) is 0 Å². The fourth-order valence-electron chi connectivity index (χ4n) is 2.40. The van der Waals surface area contributed by atoms with Gasteiger partial charge in [0.25, 0.3) is 0 Å². The van der Waals surface area contributed by atoms with Gasteiger partial charge in [0.1, 0.15) is 0 Å². The van der Waals surface area contributed by atoms with Crippen molar-refractivity contribution < 1.29 is 4.39 Å². The molecule has 5 heteroatoms. The van der Waals surface area contributed by atoms with Crippen LogP contribution in [0.15, 0.2) is 22.7 Å². The standard InChI is InChI=1S/C13H17BrClFN2/c14-10-1-2-11(12(15)9-10)13(3-4-16)18-7-5-17-6-8-18/h1-2,9,13,17H,3-8H2/t13-/m1/s1. The molecule has 1 aromatic carbocycles. The van der Waals surface area contributed by atoms with Crippen LogP contribution in [0, 0.1) is 0 Å². The zero-order valence-electron chi connectivity index (χ0n) is 10.1. The molecule has 0 spiro atoms. The molecule has 0 bridgehead atoms. The van der Waals surface area contributed by atoms with Crippen molar-refractivity contribution in [3.63, 3.8) is 0 Å². The summed E-state index contributed by atoms with van der Waals surface area (Å²) < 4.78 is 13.8. The molecule has 1 fully saturated rings. The highest BCUT2D eigenvalue weighted by Crippen LogP contribution is 2.32. The molecule has 100 valence electrons. The van der Waals surface area contributed by atoms with Gasteiger partial charge in [-0.15, -0.1) is 0 Å². The minimum atomic E-state index is -0.318. The highest BCUT2D eigenvalue weighted by Gasteiger charge is 2.23. The quantitative estimate of drug-likeness (QED) is 0.907. The van der Waals surface area contributed by atoms with Crippen molar-refractivity contribution in [2.24, 2.45) is 0 Å². The van der Waals surface area contributed by atoms with Gasteiger partial charge >= 0.3 is 0 Å². The summed E-state index contributed by atoms with van der Waals surface area (Å²) in [6, 6.07) is 5.92. The average molecular weight is 336 g/mol. The van der Waals surface area contributed by atoms with E-state index in [1.807, 2.05) is 18.2 Å². The first-order valence-electron chi connectivity index (χ1n) is 6.18. The third-order valence-electron chi connectivity index (χ3n) is 3.30. The van der Waals surface area contributed by atoms with Gasteiger partial charge in [-0.25, -0.2) is 0 Å². The third kappa shape index (κ3) is 3.44. The van der Waals surface area contributed by atoms with E-state index >= 15 is 0 Å². The molecule has 1 aliphatic rings. The zero-order valence-corrected chi connectivity index (χ0v) is 12.5. The Labute approximate surface area is 121 Å². The van der Waals surface area contributed by atoms with Gasteiger partial charge in [0.15, 0.2) is 0 Å². The van der Waals surface area contributed by atoms with Crippen LogP contribution in [-0.4, -0.2) is 37.8 Å². The van der Waals surface area contributed by atoms with Crippen molar-refractivity contribution in [1.29, 1.82) is 0 Å². The maximum atomic E-state index is 12.8. The fourth-order valence-corrected chi connectivity index (χ4v) is 3.20. The molecule has 1 saturated heterocycles. The van der Waals surface area contributed by atoms with Crippen LogP contribution in [0.5, 0.6) is 0 Å². The van der Waals surface area contributed by atoms with Gasteiger partial charge in [-0.3, -0.25) is 9.29 Å². The molecule has 1 atom stereocenters. The van der Waals surface area contributed by atoms with E-state index in [0.29, 0.717) is 11.4 Å². The molecule has 0 amide bonds. The molecule has 0 radical (unpaired) electrons. The number of piperazine rings is 1. The Kier molecular flexibility index (Phi) is 5.42. The predicted octanol–water partition coefficient (Wildman–Crippen LogP) is 3.41. The number of rotatable bonds is 4. The summed E-state index contributed by atoms with van der Waals surface area (Å²) in [7, 11) is 0. The molecule has 1 aromatic rings. The van der Waals surface area contributed by atoms with Gasteiger partial charge in [-0.05, 0) is 24.1 Å². The zero-order chi connectivity index (χ0) is 13.0. The fraction of sp³-hybridized carbons (Fsp3) is 0.538. The van der Waals surface area contributed by atoms with Crippen LogP contribution in [0.2, 0.25) is 5.02 Å². The van der Waals surface area contributed by atoms with Gasteiger partial charge in [0.05, 0.1) is 6.67 Å². The number of hydrogen-bond acceptors (Lipinski definition) is 2. The average Bonchev–Trinajstić information content (AvgIpc) is 2.38. The van der Waals surface area contributed by atoms with Crippen molar-refractivity contribution in [2.75, 3.05) is 32.9 Å². The predicted molar refractivity (Wildman–Crippen MR) is 76.9 cm³/mol. The summed E-state index contributed by atoms with van der Waals surface area (Å²) in [5.41, 5.74) is 1.03. The molecule has 2 rings (SSSR count). The molecule has 1 N–H and O–H groups in total. The van der Waals surface area contributed by atoms with Crippen molar-refractivity contribution >= 4 is 27.5 Å². The first-order valence-corrected chi connectivity index (χ1v) is 7.35. The van der Waals surface area contributed by atoms with E-state index in [4.69, 9.17) is 11.6 Å². The second kappa shape index (κ2) is 6.85. The van der Waals surface area contributed by atoms with Crippen LogP contribution < -0.4 is 5.32 Å². The summed E-state index contributed by atoms with van der Waals surface area (Å²) in [4.78, 5) is 2.31. The number of nitrogens with zero attached hydrogens (tertiary/aromatic N) is 1. The van der Waals surface area contributed by atoms with Gasteiger partial charge in [0, 0.05) is 41.7 Å². The molecule has 1 aliphatic heterocycles. The van der Waals surface area contributed by atoms with E-state index in [0.717, 1.165) is 36.2 Å². The Balaban J connectivity index is 2.22. The summed E-state index contributed by atoms with van der Waals surface area (Å²) >= 11 is 9.68. The van der Waals surface area contributed by atoms with E-state index in [9.17, 15) is 4.39 Å². The molecule has 0 saturated carbocycles. The summed E-state index contributed by atoms with van der Waals surface area (Å²) in [6.45, 7) is 3.48. The Hall–Kier alpha value is -0.160. The maximum absolute atomic E-state index is 12.8. The summed E-state index contributed by atoms with van der Waals surface area (Å²) in [6.07, 6.45) is 0.501. The Morgan fingerprint density at radius 2 is 2.11 bits per heavy atom. The van der Waals surface area contributed by atoms with Crippen LogP contribution in [0.4, 0.5) is 4.39 Å². The largest absolute Gasteiger partial charge is 0.314 e. The van der Waals surface area contributed by atoms with E-state index in [2.05, 4.69) is 26.1 Å². The third-order valence-corrected chi connectivity index (χ3v) is 4.12. The molecule has 0 aromatic heterocycles. The van der Waals surface area contributed by atoms with Crippen molar-refractivity contribution in [2.45, 2.75) is 12.5 Å². The van der Waals surface area contributed by atoms with Gasteiger partial charge in [-0.2, -0.15) is 0 Å². The smallest absolute Gasteiger partial charge is 0.0912 e. The van der Waals surface area contributed by atoms with E-state index < -0.39 is 0 Å². The number of nitrogens with one attached hydrogen (secondary N) is 1. The monoisotopic (exact) mass is 334 g/mol. The minimum absolute atomic E-state index is 0.0812. The lowest BCUT2D eigenvalue weighted by atomic mass is 10.0. The highest BCUT2D eigenvalue weighted by molar-refractivity contribution is 9.10. The van der Waals surface area contributed by atoms with Crippen molar-refractivity contribution in [1.82, 2.24) is 10.2 Å². The van der Waals surface area contributed by atoms with Gasteiger partial charge in [-0.1, -0.05) is 33.6 Å². The summed E-state index contributed by atoms with van der Waals surface area (Å²) in [5, 5.41) is 4.02. The van der Waals surface area contributed by atoms with Crippen LogP contribution in [0.3, 0.4) is 0 Å². The summed E-state index contributed by atoms with van der Waals surface area (Å²) in [5.74, 6) is 0. The molecule has 2 nitrogen and oxygen atoms in total. The molecular formula is C13H17BrClFN2. The SMILES string of the molecule is FCC[C@H](c1ccc(Br)cc1Cl)N1CCNCC1. The lowest BCUT2D eigenvalue weighted by Crippen LogP contribution is -2.45. The Bertz CT molecular complexity index is 397. The first kappa shape index (κ1) is 14.3. The van der Waals surface area contributed by atoms with Crippen LogP contribution in [0.1, 0.15) is 18.0 Å². The molecule has 1 heterocycles. The van der Waals surface area contributed by atoms with Crippen molar-refractivity contribution in [3.05, 3.63) is 33.3 Å². The normalized spacial score (nSPS) is 18.8. The Morgan fingerprint density at radius 1 is 1.39 bits per heavy atom.